The highest BCUT2D eigenvalue weighted by Gasteiger charge is 2.44. The zero-order valence-corrected chi connectivity index (χ0v) is 22.8. The van der Waals surface area contributed by atoms with Crippen molar-refractivity contribution in [3.8, 4) is 52.3 Å². The van der Waals surface area contributed by atoms with Gasteiger partial charge in [-0.2, -0.15) is 0 Å². The van der Waals surface area contributed by atoms with Gasteiger partial charge < -0.3 is 23.5 Å². The zero-order chi connectivity index (χ0) is 23.9. The summed E-state index contributed by atoms with van der Waals surface area (Å²) in [5.74, 6) is 3.19. The van der Waals surface area contributed by atoms with Crippen LogP contribution in [0.4, 0.5) is 0 Å². The van der Waals surface area contributed by atoms with Crippen molar-refractivity contribution in [3.05, 3.63) is 53.2 Å². The van der Waals surface area contributed by atoms with Crippen LogP contribution in [0.1, 0.15) is 0 Å². The highest BCUT2D eigenvalue weighted by Crippen LogP contribution is 2.61. The molecule has 3 aliphatic heterocycles. The molecule has 0 atom stereocenters. The Balaban J connectivity index is 1.33. The molecule has 0 aliphatic carbocycles. The Kier molecular flexibility index (Phi) is 4.77. The minimum Gasteiger partial charge on any atom is -0.485 e. The first kappa shape index (κ1) is 21.5. The van der Waals surface area contributed by atoms with E-state index >= 15 is 4.57 Å². The van der Waals surface area contributed by atoms with E-state index in [2.05, 4.69) is 12.1 Å². The molecule has 36 heavy (non-hydrogen) atoms. The highest BCUT2D eigenvalue weighted by atomic mass is 32.1. The van der Waals surface area contributed by atoms with Crippen molar-refractivity contribution >= 4 is 68.4 Å². The molecule has 0 radical (unpaired) electrons. The van der Waals surface area contributed by atoms with E-state index in [4.69, 9.17) is 18.9 Å². The van der Waals surface area contributed by atoms with Gasteiger partial charge in [-0.25, -0.2) is 0 Å². The third kappa shape index (κ3) is 2.95. The quantitative estimate of drug-likeness (QED) is 0.231. The number of fused-ring (bicyclic) bond motifs is 5. The molecule has 0 unspecified atom stereocenters. The molecule has 0 bridgehead atoms. The van der Waals surface area contributed by atoms with Crippen molar-refractivity contribution in [3.63, 3.8) is 0 Å². The van der Waals surface area contributed by atoms with Crippen molar-refractivity contribution in [1.82, 2.24) is 0 Å². The van der Waals surface area contributed by atoms with Crippen molar-refractivity contribution in [2.24, 2.45) is 0 Å². The number of rotatable bonds is 3. The summed E-state index contributed by atoms with van der Waals surface area (Å²) in [6.45, 7) is 2.21. The lowest BCUT2D eigenvalue weighted by atomic mass is 10.3. The van der Waals surface area contributed by atoms with Crippen molar-refractivity contribution < 1.29 is 23.5 Å². The molecule has 7 heterocycles. The van der Waals surface area contributed by atoms with Gasteiger partial charge in [0.1, 0.15) is 26.4 Å². The summed E-state index contributed by atoms with van der Waals surface area (Å²) in [5.41, 5.74) is 0. The Bertz CT molecular complexity index is 1590. The molecule has 0 spiro atoms. The van der Waals surface area contributed by atoms with Crippen molar-refractivity contribution in [2.75, 3.05) is 26.4 Å². The van der Waals surface area contributed by atoms with Crippen molar-refractivity contribution in [1.29, 1.82) is 0 Å². The number of benzene rings is 1. The van der Waals surface area contributed by atoms with Crippen LogP contribution in [0.2, 0.25) is 0 Å². The predicted molar refractivity (Wildman–Crippen MR) is 149 cm³/mol. The number of hydrogen-bond acceptors (Lipinski definition) is 9. The molecule has 5 aromatic rings. The van der Waals surface area contributed by atoms with Crippen LogP contribution in [0.25, 0.3) is 29.3 Å². The summed E-state index contributed by atoms with van der Waals surface area (Å²) in [4.78, 5) is 6.40. The highest BCUT2D eigenvalue weighted by molar-refractivity contribution is 7.87. The Labute approximate surface area is 222 Å². The maximum atomic E-state index is 15.1. The minimum atomic E-state index is -3.04. The summed E-state index contributed by atoms with van der Waals surface area (Å²) < 4.78 is 38.6. The molecule has 1 aromatic carbocycles. The van der Waals surface area contributed by atoms with Gasteiger partial charge in [-0.3, -0.25) is 0 Å². The predicted octanol–water partition coefficient (Wildman–Crippen LogP) is 6.43. The lowest BCUT2D eigenvalue weighted by molar-refractivity contribution is 0.174. The van der Waals surface area contributed by atoms with Gasteiger partial charge in [0.05, 0.1) is 19.5 Å². The number of hydrogen-bond donors (Lipinski definition) is 0. The molecule has 5 nitrogen and oxygen atoms in total. The molecule has 3 aliphatic rings. The third-order valence-corrected chi connectivity index (χ3v) is 14.5. The van der Waals surface area contributed by atoms with Crippen LogP contribution in [0.5, 0.6) is 23.0 Å². The summed E-state index contributed by atoms with van der Waals surface area (Å²) in [7, 11) is -3.04. The van der Waals surface area contributed by atoms with Crippen LogP contribution in [-0.2, 0) is 4.57 Å². The molecule has 4 aromatic heterocycles. The summed E-state index contributed by atoms with van der Waals surface area (Å²) in [6, 6.07) is 14.1. The van der Waals surface area contributed by atoms with Gasteiger partial charge in [-0.1, -0.05) is 30.3 Å². The lowest BCUT2D eigenvalue weighted by Crippen LogP contribution is -2.19. The van der Waals surface area contributed by atoms with E-state index in [9.17, 15) is 0 Å². The standard InChI is InChI=1S/C26H17O5PS4/c27-32(14-4-2-1-3-5-14)17-10-19(25-21-15(12-33-25)28-6-8-30-21)35-23(17)24-18(32)11-20(36-24)26-22-16(13-34-26)29-7-9-31-22/h1-5,10-13H,6-9H2. The Morgan fingerprint density at radius 1 is 0.639 bits per heavy atom. The third-order valence-electron chi connectivity index (χ3n) is 6.48. The Morgan fingerprint density at radius 3 is 1.67 bits per heavy atom. The van der Waals surface area contributed by atoms with Gasteiger partial charge in [-0.05, 0) is 12.1 Å². The van der Waals surface area contributed by atoms with E-state index in [1.54, 1.807) is 45.3 Å². The number of ether oxygens (including phenoxy) is 4. The second-order valence-electron chi connectivity index (χ2n) is 8.51. The molecular formula is C26H17O5PS4. The van der Waals surface area contributed by atoms with Crippen LogP contribution < -0.4 is 34.9 Å². The average molecular weight is 569 g/mol. The zero-order valence-electron chi connectivity index (χ0n) is 18.6. The SMILES string of the molecule is O=P1(c2ccccc2)c2cc(-c3scc4c3OCCO4)sc2-c2sc(-c3scc4c3OCCO4)cc21. The first-order valence-electron chi connectivity index (χ1n) is 11.4. The molecular weight excluding hydrogens is 552 g/mol. The molecule has 180 valence electrons. The fraction of sp³-hybridized carbons (Fsp3) is 0.154. The van der Waals surface area contributed by atoms with E-state index in [-0.39, 0.29) is 0 Å². The number of thiophene rings is 4. The van der Waals surface area contributed by atoms with Crippen LogP contribution in [0.15, 0.2) is 53.2 Å². The van der Waals surface area contributed by atoms with E-state index in [0.29, 0.717) is 26.4 Å². The summed E-state index contributed by atoms with van der Waals surface area (Å²) in [5, 5.41) is 6.71. The molecule has 0 amide bonds. The van der Waals surface area contributed by atoms with Gasteiger partial charge in [0.2, 0.25) is 0 Å². The molecule has 10 heteroatoms. The van der Waals surface area contributed by atoms with Gasteiger partial charge >= 0.3 is 0 Å². The van der Waals surface area contributed by atoms with Gasteiger partial charge in [-0.15, -0.1) is 45.3 Å². The second kappa shape index (κ2) is 7.97. The Morgan fingerprint density at radius 2 is 1.14 bits per heavy atom. The molecule has 0 fully saturated rings. The summed E-state index contributed by atoms with van der Waals surface area (Å²) in [6.07, 6.45) is 0. The lowest BCUT2D eigenvalue weighted by Gasteiger charge is -2.16. The van der Waals surface area contributed by atoms with E-state index in [1.165, 1.54) is 0 Å². The molecule has 0 N–H and O–H groups in total. The average Bonchev–Trinajstić information content (AvgIpc) is 3.72. The van der Waals surface area contributed by atoms with Gasteiger partial charge in [0.25, 0.3) is 0 Å². The van der Waals surface area contributed by atoms with E-state index in [1.807, 2.05) is 41.1 Å². The largest absolute Gasteiger partial charge is 0.485 e. The smallest absolute Gasteiger partial charge is 0.180 e. The van der Waals surface area contributed by atoms with E-state index < -0.39 is 7.14 Å². The van der Waals surface area contributed by atoms with Crippen LogP contribution >= 0.6 is 52.5 Å². The normalized spacial score (nSPS) is 16.6. The molecule has 0 saturated carbocycles. The topological polar surface area (TPSA) is 54.0 Å². The maximum Gasteiger partial charge on any atom is 0.180 e. The van der Waals surface area contributed by atoms with E-state index in [0.717, 1.165) is 68.2 Å². The van der Waals surface area contributed by atoms with Crippen LogP contribution in [0, 0.1) is 0 Å². The molecule has 8 rings (SSSR count). The second-order valence-corrected chi connectivity index (χ2v) is 15.1. The fourth-order valence-corrected chi connectivity index (χ4v) is 13.5. The van der Waals surface area contributed by atoms with Gasteiger partial charge in [0, 0.05) is 36.4 Å². The van der Waals surface area contributed by atoms with Crippen molar-refractivity contribution in [2.45, 2.75) is 0 Å². The van der Waals surface area contributed by atoms with Gasteiger partial charge in [0.15, 0.2) is 30.1 Å². The maximum absolute atomic E-state index is 15.1. The van der Waals surface area contributed by atoms with Crippen LogP contribution in [0.3, 0.4) is 0 Å². The minimum absolute atomic E-state index is 0.541. The monoisotopic (exact) mass is 568 g/mol. The summed E-state index contributed by atoms with van der Waals surface area (Å²) >= 11 is 6.62. The van der Waals surface area contributed by atoms with Crippen LogP contribution in [-0.4, -0.2) is 26.4 Å². The fourth-order valence-electron chi connectivity index (χ4n) is 4.89. The Hall–Kier alpha value is -2.55. The first-order valence-corrected chi connectivity index (χ1v) is 16.5. The first-order chi connectivity index (χ1) is 17.7. The molecule has 0 saturated heterocycles.